The van der Waals surface area contributed by atoms with E-state index in [2.05, 4.69) is 4.74 Å². The Bertz CT molecular complexity index is 444. The molecule has 0 bridgehead atoms. The Labute approximate surface area is 109 Å². The van der Waals surface area contributed by atoms with Gasteiger partial charge in [0.2, 0.25) is 17.7 Å². The van der Waals surface area contributed by atoms with Gasteiger partial charge in [-0.1, -0.05) is 0 Å². The van der Waals surface area contributed by atoms with Crippen LogP contribution in [0.5, 0.6) is 0 Å². The van der Waals surface area contributed by atoms with E-state index in [9.17, 15) is 24.0 Å². The molecular weight excluding hydrogens is 256 g/mol. The number of methoxy groups -OCH3 is 1. The Morgan fingerprint density at radius 3 is 2.37 bits per heavy atom. The number of imide groups is 4. The number of urea groups is 1. The van der Waals surface area contributed by atoms with Gasteiger partial charge in [-0.15, -0.1) is 0 Å². The van der Waals surface area contributed by atoms with Gasteiger partial charge in [0, 0.05) is 19.9 Å². The zero-order valence-corrected chi connectivity index (χ0v) is 10.7. The number of hydrogen-bond donors (Lipinski definition) is 0. The highest BCUT2D eigenvalue weighted by Gasteiger charge is 2.39. The fourth-order valence-corrected chi connectivity index (χ4v) is 1.65. The summed E-state index contributed by atoms with van der Waals surface area (Å²) in [5, 5.41) is 0. The van der Waals surface area contributed by atoms with Crippen molar-refractivity contribution in [1.29, 1.82) is 0 Å². The van der Waals surface area contributed by atoms with Crippen LogP contribution in [0.4, 0.5) is 4.79 Å². The number of carbonyl (C=O) groups excluding carboxylic acids is 5. The molecule has 8 heteroatoms. The van der Waals surface area contributed by atoms with Gasteiger partial charge in [-0.3, -0.25) is 24.1 Å². The number of esters is 1. The number of barbiturate groups is 1. The summed E-state index contributed by atoms with van der Waals surface area (Å²) in [6, 6.07) is -0.960. The normalized spacial score (nSPS) is 15.8. The molecule has 0 N–H and O–H groups in total. The maximum absolute atomic E-state index is 11.8. The lowest BCUT2D eigenvalue weighted by Gasteiger charge is -2.30. The third-order valence-electron chi connectivity index (χ3n) is 2.58. The first-order chi connectivity index (χ1) is 8.88. The molecule has 0 aromatic heterocycles. The Morgan fingerprint density at radius 2 is 1.84 bits per heavy atom. The maximum atomic E-state index is 11.8. The minimum absolute atomic E-state index is 0.0379. The molecule has 0 atom stereocenters. The van der Waals surface area contributed by atoms with Crippen LogP contribution in [0.2, 0.25) is 0 Å². The van der Waals surface area contributed by atoms with Gasteiger partial charge in [-0.25, -0.2) is 4.79 Å². The molecule has 1 aliphatic heterocycles. The largest absolute Gasteiger partial charge is 0.469 e. The average molecular weight is 270 g/mol. The molecule has 1 fully saturated rings. The van der Waals surface area contributed by atoms with E-state index in [1.54, 1.807) is 0 Å². The number of amides is 5. The van der Waals surface area contributed by atoms with E-state index < -0.39 is 36.1 Å². The predicted octanol–water partition coefficient (Wildman–Crippen LogP) is -0.333. The molecule has 0 radical (unpaired) electrons. The molecule has 5 amide bonds. The third-order valence-corrected chi connectivity index (χ3v) is 2.58. The third kappa shape index (κ3) is 3.36. The summed E-state index contributed by atoms with van der Waals surface area (Å²) < 4.78 is 4.42. The summed E-state index contributed by atoms with van der Waals surface area (Å²) in [6.45, 7) is 1.03. The monoisotopic (exact) mass is 270 g/mol. The van der Waals surface area contributed by atoms with Crippen molar-refractivity contribution in [1.82, 2.24) is 9.80 Å². The lowest BCUT2D eigenvalue weighted by Crippen LogP contribution is -2.56. The fraction of sp³-hybridized carbons (Fsp3) is 0.545. The van der Waals surface area contributed by atoms with Crippen LogP contribution >= 0.6 is 0 Å². The van der Waals surface area contributed by atoms with Crippen LogP contribution in [-0.2, 0) is 23.9 Å². The zero-order valence-electron chi connectivity index (χ0n) is 10.7. The van der Waals surface area contributed by atoms with Crippen LogP contribution in [0.15, 0.2) is 0 Å². The SMILES string of the molecule is COC(=O)CCCN1C(=O)CC(=O)N(C(C)=O)C1=O. The van der Waals surface area contributed by atoms with Crippen LogP contribution in [0.25, 0.3) is 0 Å². The van der Waals surface area contributed by atoms with E-state index in [4.69, 9.17) is 0 Å². The molecule has 0 aromatic carbocycles. The van der Waals surface area contributed by atoms with Crippen molar-refractivity contribution in [2.45, 2.75) is 26.2 Å². The quantitative estimate of drug-likeness (QED) is 0.512. The van der Waals surface area contributed by atoms with Gasteiger partial charge in [-0.05, 0) is 6.42 Å². The van der Waals surface area contributed by atoms with Crippen molar-refractivity contribution < 1.29 is 28.7 Å². The van der Waals surface area contributed by atoms with E-state index in [1.165, 1.54) is 7.11 Å². The second kappa shape index (κ2) is 6.07. The molecule has 0 saturated carbocycles. The molecule has 1 aliphatic rings. The molecule has 104 valence electrons. The Balaban J connectivity index is 2.68. The van der Waals surface area contributed by atoms with Crippen molar-refractivity contribution in [3.05, 3.63) is 0 Å². The molecule has 1 saturated heterocycles. The fourth-order valence-electron chi connectivity index (χ4n) is 1.65. The topological polar surface area (TPSA) is 101 Å². The number of nitrogens with zero attached hydrogens (tertiary/aromatic N) is 2. The molecule has 0 aromatic rings. The molecule has 19 heavy (non-hydrogen) atoms. The Kier molecular flexibility index (Phi) is 4.74. The molecular formula is C11H14N2O6. The molecule has 1 rings (SSSR count). The van der Waals surface area contributed by atoms with Crippen molar-refractivity contribution in [2.75, 3.05) is 13.7 Å². The van der Waals surface area contributed by atoms with E-state index in [1.807, 2.05) is 0 Å². The number of hydrogen-bond acceptors (Lipinski definition) is 6. The van der Waals surface area contributed by atoms with Gasteiger partial charge in [-0.2, -0.15) is 4.90 Å². The van der Waals surface area contributed by atoms with Gasteiger partial charge in [0.15, 0.2) is 0 Å². The van der Waals surface area contributed by atoms with Crippen LogP contribution in [0, 0.1) is 0 Å². The zero-order chi connectivity index (χ0) is 14.6. The molecule has 0 spiro atoms. The van der Waals surface area contributed by atoms with Crippen LogP contribution in [-0.4, -0.2) is 53.2 Å². The Morgan fingerprint density at radius 1 is 1.21 bits per heavy atom. The minimum Gasteiger partial charge on any atom is -0.469 e. The van der Waals surface area contributed by atoms with Crippen LogP contribution < -0.4 is 0 Å². The minimum atomic E-state index is -0.960. The summed E-state index contributed by atoms with van der Waals surface area (Å²) in [4.78, 5) is 58.1. The second-order valence-corrected chi connectivity index (χ2v) is 3.93. The van der Waals surface area contributed by atoms with Crippen molar-refractivity contribution in [2.24, 2.45) is 0 Å². The maximum Gasteiger partial charge on any atom is 0.340 e. The summed E-state index contributed by atoms with van der Waals surface area (Å²) in [7, 11) is 1.23. The van der Waals surface area contributed by atoms with Gasteiger partial charge in [0.25, 0.3) is 0 Å². The summed E-state index contributed by atoms with van der Waals surface area (Å²) in [5.41, 5.74) is 0. The summed E-state index contributed by atoms with van der Waals surface area (Å²) >= 11 is 0. The molecule has 1 heterocycles. The molecule has 0 unspecified atom stereocenters. The first-order valence-corrected chi connectivity index (χ1v) is 5.63. The standard InChI is InChI=1S/C11H14N2O6/c1-7(14)13-9(16)6-8(15)12(11(13)18)5-3-4-10(17)19-2/h3-6H2,1-2H3. The summed E-state index contributed by atoms with van der Waals surface area (Å²) in [6.07, 6.45) is -0.269. The average Bonchev–Trinajstić information content (AvgIpc) is 2.31. The number of ether oxygens (including phenoxy) is 1. The smallest absolute Gasteiger partial charge is 0.340 e. The number of carbonyl (C=O) groups is 5. The second-order valence-electron chi connectivity index (χ2n) is 3.93. The van der Waals surface area contributed by atoms with Crippen LogP contribution in [0.3, 0.4) is 0 Å². The van der Waals surface area contributed by atoms with Crippen molar-refractivity contribution >= 4 is 29.7 Å². The number of rotatable bonds is 4. The Hall–Kier alpha value is -2.25. The highest BCUT2D eigenvalue weighted by atomic mass is 16.5. The lowest BCUT2D eigenvalue weighted by molar-refractivity contribution is -0.148. The first-order valence-electron chi connectivity index (χ1n) is 5.63. The van der Waals surface area contributed by atoms with Gasteiger partial charge in [0.05, 0.1) is 7.11 Å². The van der Waals surface area contributed by atoms with Gasteiger partial charge in [0.1, 0.15) is 6.42 Å². The highest BCUT2D eigenvalue weighted by Crippen LogP contribution is 2.13. The van der Waals surface area contributed by atoms with E-state index >= 15 is 0 Å². The first kappa shape index (κ1) is 14.8. The van der Waals surface area contributed by atoms with E-state index in [0.717, 1.165) is 11.8 Å². The van der Waals surface area contributed by atoms with Crippen molar-refractivity contribution in [3.63, 3.8) is 0 Å². The lowest BCUT2D eigenvalue weighted by atomic mass is 10.2. The predicted molar refractivity (Wildman–Crippen MR) is 60.5 cm³/mol. The van der Waals surface area contributed by atoms with Crippen LogP contribution in [0.1, 0.15) is 26.2 Å². The molecule has 0 aliphatic carbocycles. The van der Waals surface area contributed by atoms with Crippen molar-refractivity contribution in [3.8, 4) is 0 Å². The van der Waals surface area contributed by atoms with Gasteiger partial charge < -0.3 is 4.74 Å². The summed E-state index contributed by atoms with van der Waals surface area (Å²) in [5.74, 6) is -2.69. The van der Waals surface area contributed by atoms with E-state index in [0.29, 0.717) is 4.90 Å². The van der Waals surface area contributed by atoms with E-state index in [-0.39, 0.29) is 19.4 Å². The molecule has 8 nitrogen and oxygen atoms in total. The van der Waals surface area contributed by atoms with Gasteiger partial charge >= 0.3 is 12.0 Å². The highest BCUT2D eigenvalue weighted by molar-refractivity contribution is 6.21.